The van der Waals surface area contributed by atoms with Gasteiger partial charge in [0.25, 0.3) is 0 Å². The molecule has 0 atom stereocenters. The molecular formula is C16H16N2O5S. The zero-order valence-electron chi connectivity index (χ0n) is 13.0. The summed E-state index contributed by atoms with van der Waals surface area (Å²) in [5.41, 5.74) is 5.32. The molecule has 126 valence electrons. The first-order valence-corrected chi connectivity index (χ1v) is 8.07. The van der Waals surface area contributed by atoms with Crippen LogP contribution in [0.1, 0.15) is 6.92 Å². The van der Waals surface area contributed by atoms with Crippen LogP contribution < -0.4 is 15.2 Å². The summed E-state index contributed by atoms with van der Waals surface area (Å²) in [4.78, 5) is 24.2. The predicted octanol–water partition coefficient (Wildman–Crippen LogP) is 1.42. The lowest BCUT2D eigenvalue weighted by atomic mass is 10.1. The van der Waals surface area contributed by atoms with Crippen LogP contribution in [0.3, 0.4) is 0 Å². The maximum Gasteiger partial charge on any atom is 0.316 e. The third-order valence-corrected chi connectivity index (χ3v) is 3.99. The summed E-state index contributed by atoms with van der Waals surface area (Å²) in [6, 6.07) is 7.07. The van der Waals surface area contributed by atoms with Gasteiger partial charge in [-0.05, 0) is 25.1 Å². The highest BCUT2D eigenvalue weighted by molar-refractivity contribution is 8.00. The van der Waals surface area contributed by atoms with Gasteiger partial charge in [0, 0.05) is 10.6 Å². The highest BCUT2D eigenvalue weighted by Crippen LogP contribution is 2.34. The van der Waals surface area contributed by atoms with Crippen LogP contribution >= 0.6 is 11.8 Å². The van der Waals surface area contributed by atoms with E-state index in [1.54, 1.807) is 18.2 Å². The Hall–Kier alpha value is -2.66. The van der Waals surface area contributed by atoms with Crippen molar-refractivity contribution in [2.24, 2.45) is 5.73 Å². The van der Waals surface area contributed by atoms with Crippen molar-refractivity contribution in [1.82, 2.24) is 0 Å². The minimum Gasteiger partial charge on any atom is -0.486 e. The van der Waals surface area contributed by atoms with E-state index in [9.17, 15) is 9.59 Å². The molecule has 2 N–H and O–H groups in total. The standard InChI is InChI=1S/C16H16N2O5S/c1-10(18)12(7-17)13(19)8-23-16(20)9-24-11-2-3-14-15(6-11)22-5-4-21-14/h2-3,6H,4-5,8-9,18H2,1H3/b12-10+. The first-order valence-electron chi connectivity index (χ1n) is 7.09. The van der Waals surface area contributed by atoms with Crippen molar-refractivity contribution in [2.75, 3.05) is 25.6 Å². The number of nitriles is 1. The molecule has 1 heterocycles. The van der Waals surface area contributed by atoms with Gasteiger partial charge in [-0.3, -0.25) is 9.59 Å². The van der Waals surface area contributed by atoms with Crippen LogP contribution in [0, 0.1) is 11.3 Å². The fourth-order valence-corrected chi connectivity index (χ4v) is 2.61. The molecule has 1 aromatic rings. The normalized spacial score (nSPS) is 13.5. The van der Waals surface area contributed by atoms with Crippen LogP contribution in [-0.2, 0) is 14.3 Å². The van der Waals surface area contributed by atoms with Crippen molar-refractivity contribution in [3.8, 4) is 17.6 Å². The Morgan fingerprint density at radius 1 is 1.33 bits per heavy atom. The van der Waals surface area contributed by atoms with Gasteiger partial charge in [-0.25, -0.2) is 0 Å². The molecule has 0 aliphatic carbocycles. The van der Waals surface area contributed by atoms with Gasteiger partial charge >= 0.3 is 5.97 Å². The number of esters is 1. The highest BCUT2D eigenvalue weighted by Gasteiger charge is 2.15. The number of hydrogen-bond acceptors (Lipinski definition) is 8. The average Bonchev–Trinajstić information content (AvgIpc) is 2.58. The number of ketones is 1. The van der Waals surface area contributed by atoms with Crippen LogP contribution in [0.4, 0.5) is 0 Å². The largest absolute Gasteiger partial charge is 0.486 e. The number of hydrogen-bond donors (Lipinski definition) is 1. The van der Waals surface area contributed by atoms with E-state index in [1.807, 2.05) is 6.07 Å². The van der Waals surface area contributed by atoms with Gasteiger partial charge in [0.2, 0.25) is 5.78 Å². The summed E-state index contributed by atoms with van der Waals surface area (Å²) in [6.45, 7) is 1.94. The maximum absolute atomic E-state index is 11.7. The predicted molar refractivity (Wildman–Crippen MR) is 86.6 cm³/mol. The molecule has 0 fully saturated rings. The Morgan fingerprint density at radius 3 is 2.71 bits per heavy atom. The van der Waals surface area contributed by atoms with Gasteiger partial charge in [0.05, 0.1) is 5.75 Å². The molecule has 0 amide bonds. The number of allylic oxidation sites excluding steroid dienone is 1. The van der Waals surface area contributed by atoms with E-state index in [0.717, 1.165) is 4.90 Å². The van der Waals surface area contributed by atoms with Crippen LogP contribution in [0.25, 0.3) is 0 Å². The monoisotopic (exact) mass is 348 g/mol. The van der Waals surface area contributed by atoms with E-state index in [-0.39, 0.29) is 17.0 Å². The van der Waals surface area contributed by atoms with Crippen LogP contribution in [-0.4, -0.2) is 37.3 Å². The number of fused-ring (bicyclic) bond motifs is 1. The molecule has 0 radical (unpaired) electrons. The van der Waals surface area contributed by atoms with Crippen molar-refractivity contribution >= 4 is 23.5 Å². The van der Waals surface area contributed by atoms with E-state index in [1.165, 1.54) is 18.7 Å². The van der Waals surface area contributed by atoms with Gasteiger partial charge in [0.1, 0.15) is 24.9 Å². The quantitative estimate of drug-likeness (QED) is 0.355. The van der Waals surface area contributed by atoms with Gasteiger partial charge in [0.15, 0.2) is 18.1 Å². The molecule has 24 heavy (non-hydrogen) atoms. The van der Waals surface area contributed by atoms with E-state index >= 15 is 0 Å². The van der Waals surface area contributed by atoms with Crippen LogP contribution in [0.2, 0.25) is 0 Å². The molecule has 0 saturated carbocycles. The number of Topliss-reactive ketones (excluding diaryl/α,β-unsaturated/α-hetero) is 1. The molecule has 7 nitrogen and oxygen atoms in total. The SMILES string of the molecule is C/C(N)=C(/C#N)C(=O)COC(=O)CSc1ccc2c(c1)OCCO2. The summed E-state index contributed by atoms with van der Waals surface area (Å²) < 4.78 is 15.7. The zero-order valence-corrected chi connectivity index (χ0v) is 13.9. The molecule has 0 saturated heterocycles. The van der Waals surface area contributed by atoms with Gasteiger partial charge in [-0.2, -0.15) is 5.26 Å². The summed E-state index contributed by atoms with van der Waals surface area (Å²) >= 11 is 1.25. The van der Waals surface area contributed by atoms with Crippen molar-refractivity contribution in [3.05, 3.63) is 29.5 Å². The summed E-state index contributed by atoms with van der Waals surface area (Å²) in [7, 11) is 0. The lowest BCUT2D eigenvalue weighted by molar-refractivity contribution is -0.144. The number of benzene rings is 1. The molecule has 0 spiro atoms. The Labute approximate surface area is 143 Å². The molecule has 2 rings (SSSR count). The number of nitrogens with two attached hydrogens (primary N) is 1. The van der Waals surface area contributed by atoms with E-state index in [2.05, 4.69) is 0 Å². The minimum atomic E-state index is -0.616. The Kier molecular flexibility index (Phi) is 6.09. The van der Waals surface area contributed by atoms with Crippen molar-refractivity contribution in [2.45, 2.75) is 11.8 Å². The van der Waals surface area contributed by atoms with Crippen LogP contribution in [0.15, 0.2) is 34.4 Å². The third kappa shape index (κ3) is 4.67. The number of nitrogens with zero attached hydrogens (tertiary/aromatic N) is 1. The van der Waals surface area contributed by atoms with Crippen molar-refractivity contribution in [1.29, 1.82) is 5.26 Å². The van der Waals surface area contributed by atoms with Gasteiger partial charge in [-0.15, -0.1) is 11.8 Å². The van der Waals surface area contributed by atoms with Gasteiger partial charge in [-0.1, -0.05) is 0 Å². The Balaban J connectivity index is 1.82. The summed E-state index contributed by atoms with van der Waals surface area (Å²) in [6.07, 6.45) is 0. The number of ether oxygens (including phenoxy) is 3. The molecule has 1 aromatic carbocycles. The number of carbonyl (C=O) groups is 2. The zero-order chi connectivity index (χ0) is 17.5. The van der Waals surface area contributed by atoms with E-state index in [4.69, 9.17) is 25.2 Å². The summed E-state index contributed by atoms with van der Waals surface area (Å²) in [5.74, 6) is 0.161. The van der Waals surface area contributed by atoms with Crippen molar-refractivity contribution in [3.63, 3.8) is 0 Å². The number of thioether (sulfide) groups is 1. The molecule has 0 bridgehead atoms. The Morgan fingerprint density at radius 2 is 2.04 bits per heavy atom. The molecule has 0 aromatic heterocycles. The van der Waals surface area contributed by atoms with E-state index in [0.29, 0.717) is 24.7 Å². The molecule has 1 aliphatic heterocycles. The highest BCUT2D eigenvalue weighted by atomic mass is 32.2. The first-order chi connectivity index (χ1) is 11.5. The number of rotatable bonds is 6. The summed E-state index contributed by atoms with van der Waals surface area (Å²) in [5, 5.41) is 8.81. The second-order valence-electron chi connectivity index (χ2n) is 4.85. The first kappa shape index (κ1) is 17.7. The lowest BCUT2D eigenvalue weighted by Gasteiger charge is -2.18. The molecular weight excluding hydrogens is 332 g/mol. The molecule has 0 unspecified atom stereocenters. The third-order valence-electron chi connectivity index (χ3n) is 3.02. The number of carbonyl (C=O) groups excluding carboxylic acids is 2. The Bertz CT molecular complexity index is 720. The minimum absolute atomic E-state index is 0.0279. The van der Waals surface area contributed by atoms with Crippen molar-refractivity contribution < 1.29 is 23.8 Å². The fourth-order valence-electron chi connectivity index (χ4n) is 1.89. The van der Waals surface area contributed by atoms with E-state index < -0.39 is 18.4 Å². The second-order valence-corrected chi connectivity index (χ2v) is 5.90. The van der Waals surface area contributed by atoms with Crippen LogP contribution in [0.5, 0.6) is 11.5 Å². The van der Waals surface area contributed by atoms with Gasteiger partial charge < -0.3 is 19.9 Å². The molecule has 8 heteroatoms. The fraction of sp³-hybridized carbons (Fsp3) is 0.312. The lowest BCUT2D eigenvalue weighted by Crippen LogP contribution is -2.18. The average molecular weight is 348 g/mol. The second kappa shape index (κ2) is 8.26. The maximum atomic E-state index is 11.7. The molecule has 1 aliphatic rings. The smallest absolute Gasteiger partial charge is 0.316 e. The topological polar surface area (TPSA) is 112 Å².